The van der Waals surface area contributed by atoms with Crippen molar-refractivity contribution in [2.45, 2.75) is 51.5 Å². The van der Waals surface area contributed by atoms with Gasteiger partial charge in [-0.25, -0.2) is 4.79 Å². The molecule has 3 N–H and O–H groups in total. The number of pyridine rings is 1. The molecule has 7 rings (SSSR count). The Morgan fingerprint density at radius 2 is 2.00 bits per heavy atom. The van der Waals surface area contributed by atoms with Crippen LogP contribution in [0.25, 0.3) is 43.8 Å². The van der Waals surface area contributed by atoms with Crippen LogP contribution in [0, 0.1) is 6.92 Å². The van der Waals surface area contributed by atoms with Crippen molar-refractivity contribution in [3.63, 3.8) is 0 Å². The number of hydrogen-bond acceptors (Lipinski definition) is 4. The number of carbonyl (C=O) groups is 1. The number of aromatic nitrogens is 3. The third-order valence-corrected chi connectivity index (χ3v) is 9.03. The number of rotatable bonds is 3. The van der Waals surface area contributed by atoms with E-state index < -0.39 is 5.97 Å². The number of aromatic carboxylic acids is 1. The van der Waals surface area contributed by atoms with Crippen molar-refractivity contribution >= 4 is 44.1 Å². The zero-order valence-electron chi connectivity index (χ0n) is 20.2. The van der Waals surface area contributed by atoms with Crippen molar-refractivity contribution in [3.8, 4) is 22.6 Å². The molecule has 0 bridgehead atoms. The fourth-order valence-electron chi connectivity index (χ4n) is 6.25. The number of nitrogens with one attached hydrogen (secondary N) is 2. The number of hydrogen-bond donors (Lipinski definition) is 3. The molecular formula is C29H28N4O2S. The molecule has 0 radical (unpaired) electrons. The molecule has 0 spiro atoms. The van der Waals surface area contributed by atoms with E-state index in [4.69, 9.17) is 0 Å². The van der Waals surface area contributed by atoms with E-state index in [-0.39, 0.29) is 0 Å². The van der Waals surface area contributed by atoms with Crippen LogP contribution in [-0.2, 0) is 6.54 Å². The van der Waals surface area contributed by atoms with Gasteiger partial charge in [0.1, 0.15) is 4.88 Å². The number of fused-ring (bicyclic) bond motifs is 7. The highest BCUT2D eigenvalue weighted by Crippen LogP contribution is 2.50. The van der Waals surface area contributed by atoms with Crippen LogP contribution < -0.4 is 5.32 Å². The van der Waals surface area contributed by atoms with Gasteiger partial charge in [-0.1, -0.05) is 19.3 Å². The summed E-state index contributed by atoms with van der Waals surface area (Å²) in [6.07, 6.45) is 7.97. The van der Waals surface area contributed by atoms with Crippen molar-refractivity contribution in [2.24, 2.45) is 0 Å². The first kappa shape index (κ1) is 21.7. The Labute approximate surface area is 213 Å². The largest absolute Gasteiger partial charge is 0.477 e. The van der Waals surface area contributed by atoms with Crippen LogP contribution in [-0.4, -0.2) is 32.2 Å². The molecule has 1 aromatic carbocycles. The first-order valence-corrected chi connectivity index (χ1v) is 13.6. The summed E-state index contributed by atoms with van der Waals surface area (Å²) in [5.41, 5.74) is 10.3. The standard InChI is InChI=1S/C29H28N4O2S/c1-16-9-10-30-21(13-16)22-14-19-20(32-22)8-7-18-26(19)31-11-12-33-23-15-24(29(34)35)36-28(23)25(27(18)33)17-5-3-2-4-6-17/h7-10,13-15,17,31-32H,2-6,11-12H2,1H3,(H,34,35). The monoisotopic (exact) mass is 496 g/mol. The molecule has 0 atom stereocenters. The van der Waals surface area contributed by atoms with Gasteiger partial charge in [0, 0.05) is 35.8 Å². The second-order valence-corrected chi connectivity index (χ2v) is 11.2. The maximum atomic E-state index is 11.9. The number of nitrogens with zero attached hydrogens (tertiary/aromatic N) is 2. The Bertz CT molecular complexity index is 1650. The lowest BCUT2D eigenvalue weighted by Gasteiger charge is -2.23. The van der Waals surface area contributed by atoms with Gasteiger partial charge in [0.05, 0.1) is 33.0 Å². The lowest BCUT2D eigenvalue weighted by atomic mass is 9.83. The maximum absolute atomic E-state index is 11.9. The molecule has 36 heavy (non-hydrogen) atoms. The van der Waals surface area contributed by atoms with Crippen LogP contribution in [0.3, 0.4) is 0 Å². The average Bonchev–Trinajstić information content (AvgIpc) is 3.54. The minimum absolute atomic E-state index is 0.432. The molecule has 1 fully saturated rings. The molecule has 0 unspecified atom stereocenters. The van der Waals surface area contributed by atoms with E-state index in [1.54, 1.807) is 0 Å². The van der Waals surface area contributed by atoms with Crippen molar-refractivity contribution < 1.29 is 9.90 Å². The van der Waals surface area contributed by atoms with Crippen LogP contribution in [0.4, 0.5) is 5.69 Å². The van der Waals surface area contributed by atoms with Crippen LogP contribution in [0.2, 0.25) is 0 Å². The quantitative estimate of drug-likeness (QED) is 0.243. The molecule has 6 nitrogen and oxygen atoms in total. The molecule has 1 aliphatic heterocycles. The highest BCUT2D eigenvalue weighted by Gasteiger charge is 2.31. The number of benzene rings is 1. The lowest BCUT2D eigenvalue weighted by molar-refractivity contribution is 0.0702. The van der Waals surface area contributed by atoms with Gasteiger partial charge in [-0.2, -0.15) is 0 Å². The Balaban J connectivity index is 1.47. The fourth-order valence-corrected chi connectivity index (χ4v) is 7.38. The van der Waals surface area contributed by atoms with Crippen LogP contribution in [0.15, 0.2) is 42.6 Å². The minimum atomic E-state index is -0.835. The molecule has 1 aliphatic carbocycles. The number of aryl methyl sites for hydroxylation is 1. The highest BCUT2D eigenvalue weighted by atomic mass is 32.1. The molecule has 182 valence electrons. The average molecular weight is 497 g/mol. The molecule has 5 aromatic rings. The second-order valence-electron chi connectivity index (χ2n) is 10.2. The number of carboxylic acid groups (broad SMARTS) is 1. The topological polar surface area (TPSA) is 82.9 Å². The SMILES string of the molecule is Cc1ccnc(-c2cc3c4c(ccc3[nH]2)-c2c(C3CCCCC3)c3sc(C(=O)O)cc3n2CCN4)c1. The molecule has 5 heterocycles. The zero-order chi connectivity index (χ0) is 24.4. The molecule has 0 saturated heterocycles. The highest BCUT2D eigenvalue weighted by molar-refractivity contribution is 7.21. The van der Waals surface area contributed by atoms with Crippen molar-refractivity contribution in [3.05, 3.63) is 58.6 Å². The Morgan fingerprint density at radius 1 is 1.14 bits per heavy atom. The smallest absolute Gasteiger partial charge is 0.345 e. The number of carboxylic acids is 1. The summed E-state index contributed by atoms with van der Waals surface area (Å²) in [7, 11) is 0. The fraction of sp³-hybridized carbons (Fsp3) is 0.310. The van der Waals surface area contributed by atoms with Gasteiger partial charge in [-0.3, -0.25) is 4.98 Å². The third kappa shape index (κ3) is 3.29. The Morgan fingerprint density at radius 3 is 2.81 bits per heavy atom. The minimum Gasteiger partial charge on any atom is -0.477 e. The van der Waals surface area contributed by atoms with Gasteiger partial charge in [0.2, 0.25) is 0 Å². The number of thiophene rings is 1. The van der Waals surface area contributed by atoms with Gasteiger partial charge < -0.3 is 20.0 Å². The van der Waals surface area contributed by atoms with E-state index in [9.17, 15) is 9.90 Å². The summed E-state index contributed by atoms with van der Waals surface area (Å²) >= 11 is 1.45. The van der Waals surface area contributed by atoms with Gasteiger partial charge in [0.25, 0.3) is 0 Å². The first-order chi connectivity index (χ1) is 17.6. The van der Waals surface area contributed by atoms with E-state index >= 15 is 0 Å². The summed E-state index contributed by atoms with van der Waals surface area (Å²) in [5.74, 6) is -0.365. The molecule has 4 aromatic heterocycles. The molecular weight excluding hydrogens is 468 g/mol. The molecule has 1 saturated carbocycles. The van der Waals surface area contributed by atoms with Crippen molar-refractivity contribution in [1.29, 1.82) is 0 Å². The van der Waals surface area contributed by atoms with Crippen molar-refractivity contribution in [1.82, 2.24) is 14.5 Å². The summed E-state index contributed by atoms with van der Waals surface area (Å²) in [6, 6.07) is 12.6. The predicted octanol–water partition coefficient (Wildman–Crippen LogP) is 7.39. The van der Waals surface area contributed by atoms with E-state index in [1.807, 2.05) is 18.3 Å². The van der Waals surface area contributed by atoms with Gasteiger partial charge in [-0.05, 0) is 73.2 Å². The summed E-state index contributed by atoms with van der Waals surface area (Å²) in [6.45, 7) is 3.68. The molecule has 7 heteroatoms. The predicted molar refractivity (Wildman–Crippen MR) is 146 cm³/mol. The zero-order valence-corrected chi connectivity index (χ0v) is 21.0. The second kappa shape index (κ2) is 8.23. The van der Waals surface area contributed by atoms with E-state index in [0.29, 0.717) is 10.8 Å². The maximum Gasteiger partial charge on any atom is 0.345 e. The molecule has 2 aliphatic rings. The first-order valence-electron chi connectivity index (χ1n) is 12.8. The van der Waals surface area contributed by atoms with Crippen molar-refractivity contribution in [2.75, 3.05) is 11.9 Å². The summed E-state index contributed by atoms with van der Waals surface area (Å²) in [4.78, 5) is 20.5. The lowest BCUT2D eigenvalue weighted by Crippen LogP contribution is -2.08. The Kier molecular flexibility index (Phi) is 4.96. The van der Waals surface area contributed by atoms with E-state index in [2.05, 4.69) is 51.0 Å². The van der Waals surface area contributed by atoms with E-state index in [0.717, 1.165) is 41.2 Å². The summed E-state index contributed by atoms with van der Waals surface area (Å²) in [5, 5.41) is 14.6. The summed E-state index contributed by atoms with van der Waals surface area (Å²) < 4.78 is 3.55. The van der Waals surface area contributed by atoms with Crippen LogP contribution in [0.1, 0.15) is 58.8 Å². The number of H-pyrrole nitrogens is 1. The van der Waals surface area contributed by atoms with Crippen LogP contribution in [0.5, 0.6) is 0 Å². The Hall–Kier alpha value is -3.58. The normalized spacial score (nSPS) is 16.0. The van der Waals surface area contributed by atoms with Gasteiger partial charge >= 0.3 is 5.97 Å². The van der Waals surface area contributed by atoms with E-state index in [1.165, 1.54) is 75.9 Å². The van der Waals surface area contributed by atoms with Gasteiger partial charge in [-0.15, -0.1) is 11.3 Å². The number of anilines is 1. The molecule has 0 amide bonds. The van der Waals surface area contributed by atoms with Gasteiger partial charge in [0.15, 0.2) is 0 Å². The van der Waals surface area contributed by atoms with Crippen LogP contribution >= 0.6 is 11.3 Å². The number of aromatic amines is 1. The third-order valence-electron chi connectivity index (χ3n) is 7.88.